The summed E-state index contributed by atoms with van der Waals surface area (Å²) in [5, 5.41) is 13.6. The van der Waals surface area contributed by atoms with E-state index in [0.717, 1.165) is 27.8 Å². The van der Waals surface area contributed by atoms with Crippen LogP contribution in [-0.2, 0) is 18.6 Å². The lowest BCUT2D eigenvalue weighted by Crippen LogP contribution is -2.34. The summed E-state index contributed by atoms with van der Waals surface area (Å²) >= 11 is 18.7. The molecule has 0 bridgehead atoms. The average molecular weight is 472 g/mol. The van der Waals surface area contributed by atoms with Crippen LogP contribution in [0.15, 0.2) is 79.4 Å². The van der Waals surface area contributed by atoms with Crippen molar-refractivity contribution in [3.8, 4) is 11.1 Å². The molecule has 6 heteroatoms. The lowest BCUT2D eigenvalue weighted by Gasteiger charge is -2.31. The van der Waals surface area contributed by atoms with Gasteiger partial charge >= 0.3 is 0 Å². The third-order valence-corrected chi connectivity index (χ3v) is 6.47. The Morgan fingerprint density at radius 2 is 1.74 bits per heavy atom. The Hall–Kier alpha value is -2.30. The molecule has 1 aromatic heterocycles. The van der Waals surface area contributed by atoms with Gasteiger partial charge in [-0.15, -0.1) is 0 Å². The van der Waals surface area contributed by atoms with Gasteiger partial charge in [-0.2, -0.15) is 0 Å². The Morgan fingerprint density at radius 3 is 2.42 bits per heavy atom. The smallest absolute Gasteiger partial charge is 0.112 e. The lowest BCUT2D eigenvalue weighted by molar-refractivity contribution is 0.0180. The first-order valence-electron chi connectivity index (χ1n) is 9.84. The maximum absolute atomic E-state index is 11.9. The summed E-state index contributed by atoms with van der Waals surface area (Å²) in [5.74, 6) is 0. The molecule has 31 heavy (non-hydrogen) atoms. The van der Waals surface area contributed by atoms with Crippen LogP contribution < -0.4 is 0 Å². The van der Waals surface area contributed by atoms with Crippen molar-refractivity contribution < 1.29 is 5.11 Å². The Labute approximate surface area is 196 Å². The zero-order chi connectivity index (χ0) is 22.0. The molecule has 0 aliphatic heterocycles. The van der Waals surface area contributed by atoms with Crippen molar-refractivity contribution in [3.63, 3.8) is 0 Å². The molecule has 4 aromatic rings. The molecule has 0 aliphatic carbocycles. The van der Waals surface area contributed by atoms with Gasteiger partial charge in [0.25, 0.3) is 0 Å². The highest BCUT2D eigenvalue weighted by molar-refractivity contribution is 6.42. The molecular weight excluding hydrogens is 451 g/mol. The van der Waals surface area contributed by atoms with Crippen LogP contribution in [0.25, 0.3) is 11.1 Å². The van der Waals surface area contributed by atoms with Gasteiger partial charge in [0.1, 0.15) is 5.60 Å². The van der Waals surface area contributed by atoms with Gasteiger partial charge in [0, 0.05) is 29.4 Å². The molecular formula is C25H21Cl3N2O. The van der Waals surface area contributed by atoms with Gasteiger partial charge in [-0.3, -0.25) is 0 Å². The van der Waals surface area contributed by atoms with E-state index in [4.69, 9.17) is 34.8 Å². The van der Waals surface area contributed by atoms with Gasteiger partial charge in [-0.05, 0) is 47.4 Å². The van der Waals surface area contributed by atoms with Crippen molar-refractivity contribution in [1.82, 2.24) is 9.55 Å². The Morgan fingerprint density at radius 1 is 0.935 bits per heavy atom. The minimum atomic E-state index is -1.18. The fourth-order valence-corrected chi connectivity index (χ4v) is 4.52. The number of aromatic nitrogens is 2. The monoisotopic (exact) mass is 470 g/mol. The van der Waals surface area contributed by atoms with Crippen LogP contribution in [0, 0.1) is 6.92 Å². The third kappa shape index (κ3) is 4.81. The first-order valence-corrected chi connectivity index (χ1v) is 11.0. The van der Waals surface area contributed by atoms with E-state index >= 15 is 0 Å². The number of rotatable bonds is 6. The van der Waals surface area contributed by atoms with Crippen LogP contribution in [0.2, 0.25) is 15.1 Å². The average Bonchev–Trinajstić information content (AvgIpc) is 3.23. The minimum absolute atomic E-state index is 0.347. The quantitative estimate of drug-likeness (QED) is 0.330. The summed E-state index contributed by atoms with van der Waals surface area (Å²) in [6.45, 7) is 2.35. The first kappa shape index (κ1) is 21.9. The van der Waals surface area contributed by atoms with Crippen molar-refractivity contribution in [2.75, 3.05) is 0 Å². The number of hydrogen-bond donors (Lipinski definition) is 1. The predicted molar refractivity (Wildman–Crippen MR) is 128 cm³/mol. The van der Waals surface area contributed by atoms with Crippen molar-refractivity contribution in [3.05, 3.63) is 111 Å². The van der Waals surface area contributed by atoms with Gasteiger partial charge in [0.2, 0.25) is 0 Å². The van der Waals surface area contributed by atoms with Gasteiger partial charge in [-0.1, -0.05) is 77.3 Å². The van der Waals surface area contributed by atoms with E-state index in [1.165, 1.54) is 0 Å². The number of aryl methyl sites for hydroxylation is 1. The van der Waals surface area contributed by atoms with E-state index in [2.05, 4.69) is 11.1 Å². The molecule has 3 aromatic carbocycles. The van der Waals surface area contributed by atoms with E-state index < -0.39 is 5.60 Å². The van der Waals surface area contributed by atoms with Crippen LogP contribution in [-0.4, -0.2) is 14.7 Å². The Kier molecular flexibility index (Phi) is 6.40. The van der Waals surface area contributed by atoms with Crippen LogP contribution in [0.5, 0.6) is 0 Å². The van der Waals surface area contributed by atoms with Crippen LogP contribution in [0.1, 0.15) is 16.7 Å². The molecule has 0 aliphatic rings. The highest BCUT2D eigenvalue weighted by atomic mass is 35.5. The van der Waals surface area contributed by atoms with E-state index in [9.17, 15) is 5.11 Å². The van der Waals surface area contributed by atoms with Gasteiger partial charge in [-0.25, -0.2) is 4.98 Å². The van der Waals surface area contributed by atoms with E-state index in [1.807, 2.05) is 60.2 Å². The molecule has 1 atom stereocenters. The van der Waals surface area contributed by atoms with Crippen LogP contribution in [0.3, 0.4) is 0 Å². The zero-order valence-corrected chi connectivity index (χ0v) is 19.2. The molecule has 1 unspecified atom stereocenters. The summed E-state index contributed by atoms with van der Waals surface area (Å²) < 4.78 is 1.87. The molecule has 3 nitrogen and oxygen atoms in total. The van der Waals surface area contributed by atoms with Gasteiger partial charge < -0.3 is 9.67 Å². The fraction of sp³-hybridized carbons (Fsp3) is 0.160. The molecule has 1 N–H and O–H groups in total. The molecule has 0 saturated heterocycles. The molecule has 0 radical (unpaired) electrons. The second kappa shape index (κ2) is 9.05. The Bertz CT molecular complexity index is 1210. The topological polar surface area (TPSA) is 38.0 Å². The Balaban J connectivity index is 1.75. The number of hydrogen-bond acceptors (Lipinski definition) is 2. The maximum Gasteiger partial charge on any atom is 0.112 e. The molecule has 1 heterocycles. The summed E-state index contributed by atoms with van der Waals surface area (Å²) in [6.07, 6.45) is 5.61. The van der Waals surface area contributed by atoms with E-state index in [1.54, 1.807) is 24.7 Å². The van der Waals surface area contributed by atoms with E-state index in [-0.39, 0.29) is 0 Å². The normalized spacial score (nSPS) is 13.2. The molecule has 0 fully saturated rings. The number of benzene rings is 3. The first-order chi connectivity index (χ1) is 14.9. The van der Waals surface area contributed by atoms with Crippen molar-refractivity contribution in [2.45, 2.75) is 25.5 Å². The second-order valence-corrected chi connectivity index (χ2v) is 8.92. The number of aliphatic hydroxyl groups is 1. The highest BCUT2D eigenvalue weighted by Crippen LogP contribution is 2.35. The zero-order valence-electron chi connectivity index (χ0n) is 16.9. The van der Waals surface area contributed by atoms with Gasteiger partial charge in [0.05, 0.1) is 22.9 Å². The lowest BCUT2D eigenvalue weighted by atomic mass is 9.83. The van der Waals surface area contributed by atoms with Crippen molar-refractivity contribution >= 4 is 34.8 Å². The number of nitrogens with zero attached hydrogens (tertiary/aromatic N) is 2. The summed E-state index contributed by atoms with van der Waals surface area (Å²) in [4.78, 5) is 4.12. The number of halogens is 3. The highest BCUT2D eigenvalue weighted by Gasteiger charge is 2.32. The maximum atomic E-state index is 11.9. The van der Waals surface area contributed by atoms with Crippen LogP contribution in [0.4, 0.5) is 0 Å². The van der Waals surface area contributed by atoms with Crippen molar-refractivity contribution in [1.29, 1.82) is 0 Å². The summed E-state index contributed by atoms with van der Waals surface area (Å²) in [5.41, 5.74) is 3.49. The molecule has 0 spiro atoms. The molecule has 4 rings (SSSR count). The van der Waals surface area contributed by atoms with Crippen molar-refractivity contribution in [2.24, 2.45) is 0 Å². The van der Waals surface area contributed by atoms with E-state index in [0.29, 0.717) is 28.0 Å². The van der Waals surface area contributed by atoms with Crippen LogP contribution >= 0.6 is 34.8 Å². The second-order valence-electron chi connectivity index (χ2n) is 7.70. The fourth-order valence-electron chi connectivity index (χ4n) is 3.95. The minimum Gasteiger partial charge on any atom is -0.383 e. The summed E-state index contributed by atoms with van der Waals surface area (Å²) in [6, 6.07) is 19.2. The molecule has 0 amide bonds. The molecule has 158 valence electrons. The summed E-state index contributed by atoms with van der Waals surface area (Å²) in [7, 11) is 0. The number of imidazole rings is 1. The standard InChI is InChI=1S/C25H21Cl3N2O/c1-17-12-19(20-4-2-3-5-22(20)26)7-8-21(17)25(31,15-30-11-10-29-16-30)14-18-6-9-23(27)24(28)13-18/h2-13,16,31H,14-15H2,1H3. The third-order valence-electron chi connectivity index (χ3n) is 5.40. The molecule has 0 saturated carbocycles. The predicted octanol–water partition coefficient (Wildman–Crippen LogP) is 6.95. The SMILES string of the molecule is Cc1cc(-c2ccccc2Cl)ccc1C(O)(Cc1ccc(Cl)c(Cl)c1)Cn1ccnc1. The largest absolute Gasteiger partial charge is 0.383 e. The van der Waals surface area contributed by atoms with Gasteiger partial charge in [0.15, 0.2) is 0 Å².